The van der Waals surface area contributed by atoms with E-state index in [2.05, 4.69) is 0 Å². The number of rotatable bonds is 5. The lowest BCUT2D eigenvalue weighted by Crippen LogP contribution is -2.41. The molecule has 1 aromatic rings. The van der Waals surface area contributed by atoms with Crippen LogP contribution in [0.15, 0.2) is 24.3 Å². The summed E-state index contributed by atoms with van der Waals surface area (Å²) in [6.07, 6.45) is 4.43. The van der Waals surface area contributed by atoms with E-state index in [4.69, 9.17) is 14.6 Å². The maximum Gasteiger partial charge on any atom is 0.308 e. The van der Waals surface area contributed by atoms with Crippen molar-refractivity contribution in [1.82, 2.24) is 4.90 Å². The van der Waals surface area contributed by atoms with Crippen LogP contribution in [0.2, 0.25) is 0 Å². The van der Waals surface area contributed by atoms with Gasteiger partial charge in [-0.1, -0.05) is 0 Å². The van der Waals surface area contributed by atoms with Crippen molar-refractivity contribution >= 4 is 18.0 Å². The first-order chi connectivity index (χ1) is 11.0. The van der Waals surface area contributed by atoms with Crippen molar-refractivity contribution in [3.63, 3.8) is 0 Å². The van der Waals surface area contributed by atoms with E-state index in [0.29, 0.717) is 30.9 Å². The molecule has 0 spiro atoms. The van der Waals surface area contributed by atoms with E-state index in [-0.39, 0.29) is 12.5 Å². The lowest BCUT2D eigenvalue weighted by molar-refractivity contribution is -0.144. The largest absolute Gasteiger partial charge is 0.497 e. The number of carbonyl (C=O) groups is 2. The molecule has 0 bridgehead atoms. The Bertz CT molecular complexity index is 611. The minimum absolute atomic E-state index is 0.194. The minimum Gasteiger partial charge on any atom is -0.497 e. The summed E-state index contributed by atoms with van der Waals surface area (Å²) in [6, 6.07) is 5.32. The number of nitrogens with zero attached hydrogens (tertiary/aromatic N) is 1. The molecule has 0 aromatic heterocycles. The van der Waals surface area contributed by atoms with Crippen LogP contribution in [0.3, 0.4) is 0 Å². The predicted octanol–water partition coefficient (Wildman–Crippen LogP) is 2.04. The monoisotopic (exact) mass is 319 g/mol. The van der Waals surface area contributed by atoms with Crippen molar-refractivity contribution in [2.24, 2.45) is 5.92 Å². The van der Waals surface area contributed by atoms with Gasteiger partial charge in [0.2, 0.25) is 5.91 Å². The number of carboxylic acids is 1. The summed E-state index contributed by atoms with van der Waals surface area (Å²) >= 11 is 0. The van der Waals surface area contributed by atoms with Crippen LogP contribution >= 0.6 is 0 Å². The number of hydrogen-bond donors (Lipinski definition) is 1. The molecule has 0 saturated carbocycles. The molecule has 6 nitrogen and oxygen atoms in total. The second-order valence-electron chi connectivity index (χ2n) is 5.40. The number of likely N-dealkylation sites (tertiary alicyclic amines) is 1. The zero-order valence-corrected chi connectivity index (χ0v) is 13.3. The molecular formula is C17H21NO5. The van der Waals surface area contributed by atoms with E-state index in [0.717, 1.165) is 5.56 Å². The summed E-state index contributed by atoms with van der Waals surface area (Å²) < 4.78 is 10.4. The smallest absolute Gasteiger partial charge is 0.308 e. The average Bonchev–Trinajstić information content (AvgIpc) is 2.59. The highest BCUT2D eigenvalue weighted by Crippen LogP contribution is 2.25. The third kappa shape index (κ3) is 4.25. The molecule has 1 atom stereocenters. The van der Waals surface area contributed by atoms with Crippen LogP contribution in [-0.2, 0) is 9.59 Å². The SMILES string of the molecule is COc1ccc(OC)c(/C=C\C(=O)N2CCC[C@H](C(=O)O)C2)c1. The number of ether oxygens (including phenoxy) is 2. The Balaban J connectivity index is 2.10. The summed E-state index contributed by atoms with van der Waals surface area (Å²) in [5.41, 5.74) is 0.729. The summed E-state index contributed by atoms with van der Waals surface area (Å²) in [4.78, 5) is 24.9. The number of benzene rings is 1. The van der Waals surface area contributed by atoms with E-state index in [9.17, 15) is 9.59 Å². The zero-order chi connectivity index (χ0) is 16.8. The van der Waals surface area contributed by atoms with Gasteiger partial charge in [0.25, 0.3) is 0 Å². The molecule has 2 rings (SSSR count). The predicted molar refractivity (Wildman–Crippen MR) is 85.5 cm³/mol. The van der Waals surface area contributed by atoms with Crippen molar-refractivity contribution in [1.29, 1.82) is 0 Å². The summed E-state index contributed by atoms with van der Waals surface area (Å²) in [5.74, 6) is -0.215. The second-order valence-corrected chi connectivity index (χ2v) is 5.40. The van der Waals surface area contributed by atoms with Crippen molar-refractivity contribution in [3.05, 3.63) is 29.8 Å². The third-order valence-corrected chi connectivity index (χ3v) is 3.92. The Labute approximate surface area is 135 Å². The van der Waals surface area contributed by atoms with Gasteiger partial charge in [0.1, 0.15) is 11.5 Å². The van der Waals surface area contributed by atoms with Crippen molar-refractivity contribution in [2.75, 3.05) is 27.3 Å². The summed E-state index contributed by atoms with van der Waals surface area (Å²) in [7, 11) is 3.13. The number of hydrogen-bond acceptors (Lipinski definition) is 4. The fourth-order valence-corrected chi connectivity index (χ4v) is 2.62. The molecule has 1 aliphatic rings. The molecule has 1 aliphatic heterocycles. The molecule has 0 unspecified atom stereocenters. The van der Waals surface area contributed by atoms with Gasteiger partial charge in [0, 0.05) is 24.7 Å². The van der Waals surface area contributed by atoms with Crippen LogP contribution in [0.4, 0.5) is 0 Å². The van der Waals surface area contributed by atoms with Gasteiger partial charge < -0.3 is 19.5 Å². The standard InChI is InChI=1S/C17H21NO5/c1-22-14-6-7-15(23-2)12(10-14)5-8-16(19)18-9-3-4-13(11-18)17(20)21/h5-8,10,13H,3-4,9,11H2,1-2H3,(H,20,21)/b8-5-/t13-/m0/s1. The number of amides is 1. The highest BCUT2D eigenvalue weighted by atomic mass is 16.5. The lowest BCUT2D eigenvalue weighted by Gasteiger charge is -2.29. The van der Waals surface area contributed by atoms with E-state index < -0.39 is 11.9 Å². The minimum atomic E-state index is -0.846. The molecule has 0 aliphatic carbocycles. The number of piperidine rings is 1. The van der Waals surface area contributed by atoms with Crippen LogP contribution in [0.1, 0.15) is 18.4 Å². The van der Waals surface area contributed by atoms with E-state index in [1.807, 2.05) is 0 Å². The third-order valence-electron chi connectivity index (χ3n) is 3.92. The molecule has 1 aromatic carbocycles. The maximum atomic E-state index is 12.3. The zero-order valence-electron chi connectivity index (χ0n) is 13.3. The number of aliphatic carboxylic acids is 1. The van der Waals surface area contributed by atoms with Gasteiger partial charge in [0.15, 0.2) is 0 Å². The molecule has 124 valence electrons. The number of carboxylic acid groups (broad SMARTS) is 1. The van der Waals surface area contributed by atoms with Gasteiger partial charge in [-0.05, 0) is 37.1 Å². The fraction of sp³-hybridized carbons (Fsp3) is 0.412. The van der Waals surface area contributed by atoms with E-state index in [1.54, 1.807) is 43.4 Å². The van der Waals surface area contributed by atoms with Crippen molar-refractivity contribution < 1.29 is 24.2 Å². The number of carbonyl (C=O) groups excluding carboxylic acids is 1. The first-order valence-corrected chi connectivity index (χ1v) is 7.47. The molecular weight excluding hydrogens is 298 g/mol. The molecule has 1 saturated heterocycles. The van der Waals surface area contributed by atoms with Gasteiger partial charge in [-0.15, -0.1) is 0 Å². The Hall–Kier alpha value is -2.50. The van der Waals surface area contributed by atoms with Crippen molar-refractivity contribution in [2.45, 2.75) is 12.8 Å². The average molecular weight is 319 g/mol. The van der Waals surface area contributed by atoms with Gasteiger partial charge >= 0.3 is 5.97 Å². The van der Waals surface area contributed by atoms with Gasteiger partial charge in [-0.25, -0.2) is 0 Å². The highest BCUT2D eigenvalue weighted by Gasteiger charge is 2.27. The molecule has 0 radical (unpaired) electrons. The normalized spacial score (nSPS) is 18.0. The molecule has 6 heteroatoms. The number of methoxy groups -OCH3 is 2. The Kier molecular flexibility index (Phi) is 5.62. The first kappa shape index (κ1) is 16.9. The second kappa shape index (κ2) is 7.67. The molecule has 1 N–H and O–H groups in total. The van der Waals surface area contributed by atoms with Gasteiger partial charge in [-0.3, -0.25) is 9.59 Å². The van der Waals surface area contributed by atoms with Crippen LogP contribution in [0.25, 0.3) is 6.08 Å². The Morgan fingerprint density at radius 2 is 2.09 bits per heavy atom. The lowest BCUT2D eigenvalue weighted by atomic mass is 9.98. The highest BCUT2D eigenvalue weighted by molar-refractivity contribution is 5.92. The van der Waals surface area contributed by atoms with Gasteiger partial charge in [0.05, 0.1) is 20.1 Å². The molecule has 1 amide bonds. The maximum absolute atomic E-state index is 12.3. The van der Waals surface area contributed by atoms with E-state index in [1.165, 1.54) is 6.08 Å². The van der Waals surface area contributed by atoms with Crippen molar-refractivity contribution in [3.8, 4) is 11.5 Å². The summed E-state index contributed by atoms with van der Waals surface area (Å²) in [6.45, 7) is 0.843. The fourth-order valence-electron chi connectivity index (χ4n) is 2.62. The van der Waals surface area contributed by atoms with Crippen LogP contribution in [0.5, 0.6) is 11.5 Å². The van der Waals surface area contributed by atoms with Crippen LogP contribution in [0, 0.1) is 5.92 Å². The van der Waals surface area contributed by atoms with Crippen LogP contribution < -0.4 is 9.47 Å². The molecule has 23 heavy (non-hydrogen) atoms. The van der Waals surface area contributed by atoms with Crippen LogP contribution in [-0.4, -0.2) is 49.2 Å². The Morgan fingerprint density at radius 3 is 2.74 bits per heavy atom. The quantitative estimate of drug-likeness (QED) is 0.841. The molecule has 1 fully saturated rings. The summed E-state index contributed by atoms with van der Waals surface area (Å²) in [5, 5.41) is 9.09. The van der Waals surface area contributed by atoms with E-state index >= 15 is 0 Å². The first-order valence-electron chi connectivity index (χ1n) is 7.47. The van der Waals surface area contributed by atoms with Gasteiger partial charge in [-0.2, -0.15) is 0 Å². The Morgan fingerprint density at radius 1 is 1.30 bits per heavy atom. The topological polar surface area (TPSA) is 76.1 Å². The molecule has 1 heterocycles.